The second-order valence-corrected chi connectivity index (χ2v) is 7.06. The second-order valence-electron chi connectivity index (χ2n) is 5.25. The Morgan fingerprint density at radius 2 is 1.68 bits per heavy atom. The zero-order valence-electron chi connectivity index (χ0n) is 12.2. The van der Waals surface area contributed by atoms with Crippen molar-refractivity contribution in [3.63, 3.8) is 0 Å². The van der Waals surface area contributed by atoms with Crippen LogP contribution in [0, 0.1) is 6.92 Å². The maximum absolute atomic E-state index is 12.1. The van der Waals surface area contributed by atoms with Crippen molar-refractivity contribution < 1.29 is 17.9 Å². The molecule has 6 heteroatoms. The van der Waals surface area contributed by atoms with Crippen LogP contribution in [-0.4, -0.2) is 15.2 Å². The molecule has 0 saturated carbocycles. The molecule has 0 unspecified atom stereocenters. The van der Waals surface area contributed by atoms with Crippen LogP contribution in [0.5, 0.6) is 11.5 Å². The van der Waals surface area contributed by atoms with E-state index < -0.39 is 10.0 Å². The molecule has 5 nitrogen and oxygen atoms in total. The van der Waals surface area contributed by atoms with E-state index in [0.717, 1.165) is 16.7 Å². The summed E-state index contributed by atoms with van der Waals surface area (Å²) in [7, 11) is -3.38. The minimum Gasteiger partial charge on any atom is -0.454 e. The van der Waals surface area contributed by atoms with Crippen LogP contribution < -0.4 is 14.2 Å². The largest absolute Gasteiger partial charge is 0.454 e. The third-order valence-electron chi connectivity index (χ3n) is 3.41. The van der Waals surface area contributed by atoms with Gasteiger partial charge in [-0.05, 0) is 30.2 Å². The molecule has 2 aromatic rings. The standard InChI is InChI=1S/C16H17NO4S/c1-12-2-4-13(5-3-12)10-22(18,19)17-9-14-6-7-15-16(8-14)21-11-20-15/h2-8,17H,9-11H2,1H3. The SMILES string of the molecule is Cc1ccc(CS(=O)(=O)NCc2ccc3c(c2)OCO3)cc1. The number of aryl methyl sites for hydroxylation is 1. The van der Waals surface area contributed by atoms with Gasteiger partial charge in [0.2, 0.25) is 16.8 Å². The van der Waals surface area contributed by atoms with Gasteiger partial charge in [0.25, 0.3) is 0 Å². The summed E-state index contributed by atoms with van der Waals surface area (Å²) < 4.78 is 37.4. The molecule has 1 aliphatic rings. The molecule has 0 amide bonds. The number of nitrogens with one attached hydrogen (secondary N) is 1. The highest BCUT2D eigenvalue weighted by Crippen LogP contribution is 2.32. The molecule has 1 N–H and O–H groups in total. The Hall–Kier alpha value is -2.05. The van der Waals surface area contributed by atoms with Gasteiger partial charge in [0.05, 0.1) is 5.75 Å². The van der Waals surface area contributed by atoms with Crippen molar-refractivity contribution in [2.24, 2.45) is 0 Å². The number of fused-ring (bicyclic) bond motifs is 1. The lowest BCUT2D eigenvalue weighted by Crippen LogP contribution is -2.24. The molecule has 3 rings (SSSR count). The van der Waals surface area contributed by atoms with Crippen LogP contribution in [0.4, 0.5) is 0 Å². The molecule has 0 fully saturated rings. The fourth-order valence-corrected chi connectivity index (χ4v) is 3.32. The quantitative estimate of drug-likeness (QED) is 0.919. The smallest absolute Gasteiger partial charge is 0.231 e. The summed E-state index contributed by atoms with van der Waals surface area (Å²) in [6.45, 7) is 2.40. The monoisotopic (exact) mass is 319 g/mol. The van der Waals surface area contributed by atoms with Crippen LogP contribution in [0.25, 0.3) is 0 Å². The summed E-state index contributed by atoms with van der Waals surface area (Å²) in [5.74, 6) is 1.30. The summed E-state index contributed by atoms with van der Waals surface area (Å²) in [5.41, 5.74) is 2.70. The number of rotatable bonds is 5. The topological polar surface area (TPSA) is 64.6 Å². The fraction of sp³-hybridized carbons (Fsp3) is 0.250. The normalized spacial score (nSPS) is 13.3. The zero-order chi connectivity index (χ0) is 15.6. The first-order valence-electron chi connectivity index (χ1n) is 6.93. The van der Waals surface area contributed by atoms with Gasteiger partial charge in [-0.25, -0.2) is 13.1 Å². The number of sulfonamides is 1. The van der Waals surface area contributed by atoms with Gasteiger partial charge < -0.3 is 9.47 Å². The van der Waals surface area contributed by atoms with Crippen LogP contribution in [0.2, 0.25) is 0 Å². The van der Waals surface area contributed by atoms with Gasteiger partial charge >= 0.3 is 0 Å². The lowest BCUT2D eigenvalue weighted by molar-refractivity contribution is 0.174. The number of hydrogen-bond donors (Lipinski definition) is 1. The predicted octanol–water partition coefficient (Wildman–Crippen LogP) is 2.34. The summed E-state index contributed by atoms with van der Waals surface area (Å²) in [4.78, 5) is 0. The van der Waals surface area contributed by atoms with Gasteiger partial charge in [-0.3, -0.25) is 0 Å². The Labute approximate surface area is 129 Å². The molecule has 0 spiro atoms. The molecule has 0 aromatic heterocycles. The molecule has 22 heavy (non-hydrogen) atoms. The Morgan fingerprint density at radius 1 is 1.00 bits per heavy atom. The van der Waals surface area contributed by atoms with Crippen molar-refractivity contribution in [1.82, 2.24) is 4.72 Å². The van der Waals surface area contributed by atoms with Crippen molar-refractivity contribution in [2.75, 3.05) is 6.79 Å². The predicted molar refractivity (Wildman–Crippen MR) is 83.2 cm³/mol. The molecule has 0 radical (unpaired) electrons. The van der Waals surface area contributed by atoms with Crippen molar-refractivity contribution in [3.8, 4) is 11.5 Å². The van der Waals surface area contributed by atoms with Crippen LogP contribution in [0.3, 0.4) is 0 Å². The lowest BCUT2D eigenvalue weighted by Gasteiger charge is -2.08. The first-order valence-corrected chi connectivity index (χ1v) is 8.58. The minimum absolute atomic E-state index is 0.0299. The molecule has 0 bridgehead atoms. The van der Waals surface area contributed by atoms with E-state index in [9.17, 15) is 8.42 Å². The molecule has 0 atom stereocenters. The molecule has 116 valence electrons. The molecule has 1 aliphatic heterocycles. The summed E-state index contributed by atoms with van der Waals surface area (Å²) in [6, 6.07) is 12.9. The van der Waals surface area contributed by atoms with Gasteiger partial charge in [-0.2, -0.15) is 0 Å². The van der Waals surface area contributed by atoms with E-state index in [1.54, 1.807) is 12.1 Å². The van der Waals surface area contributed by atoms with E-state index in [-0.39, 0.29) is 19.1 Å². The lowest BCUT2D eigenvalue weighted by atomic mass is 10.2. The average molecular weight is 319 g/mol. The first-order chi connectivity index (χ1) is 10.5. The third kappa shape index (κ3) is 3.58. The summed E-state index contributed by atoms with van der Waals surface area (Å²) in [6.07, 6.45) is 0. The molecular formula is C16H17NO4S. The number of hydrogen-bond acceptors (Lipinski definition) is 4. The van der Waals surface area contributed by atoms with E-state index in [0.29, 0.717) is 11.5 Å². The Kier molecular flexibility index (Phi) is 4.04. The van der Waals surface area contributed by atoms with E-state index in [1.807, 2.05) is 37.3 Å². The maximum atomic E-state index is 12.1. The van der Waals surface area contributed by atoms with Gasteiger partial charge in [0.15, 0.2) is 11.5 Å². The van der Waals surface area contributed by atoms with Crippen molar-refractivity contribution in [2.45, 2.75) is 19.2 Å². The second kappa shape index (κ2) is 5.98. The van der Waals surface area contributed by atoms with Gasteiger partial charge in [-0.1, -0.05) is 35.9 Å². The van der Waals surface area contributed by atoms with E-state index in [2.05, 4.69) is 4.72 Å². The molecular weight excluding hydrogens is 302 g/mol. The maximum Gasteiger partial charge on any atom is 0.231 e. The fourth-order valence-electron chi connectivity index (χ4n) is 2.20. The highest BCUT2D eigenvalue weighted by atomic mass is 32.2. The van der Waals surface area contributed by atoms with Gasteiger partial charge in [-0.15, -0.1) is 0 Å². The molecule has 1 heterocycles. The number of benzene rings is 2. The third-order valence-corrected chi connectivity index (χ3v) is 4.71. The highest BCUT2D eigenvalue weighted by Gasteiger charge is 2.15. The Morgan fingerprint density at radius 3 is 2.45 bits per heavy atom. The summed E-state index contributed by atoms with van der Waals surface area (Å²) >= 11 is 0. The number of ether oxygens (including phenoxy) is 2. The molecule has 2 aromatic carbocycles. The van der Waals surface area contributed by atoms with Crippen LogP contribution in [-0.2, 0) is 22.3 Å². The van der Waals surface area contributed by atoms with Crippen molar-refractivity contribution in [3.05, 3.63) is 59.2 Å². The average Bonchev–Trinajstić information content (AvgIpc) is 2.95. The van der Waals surface area contributed by atoms with Crippen LogP contribution in [0.15, 0.2) is 42.5 Å². The van der Waals surface area contributed by atoms with E-state index in [4.69, 9.17) is 9.47 Å². The van der Waals surface area contributed by atoms with E-state index >= 15 is 0 Å². The van der Waals surface area contributed by atoms with Crippen LogP contribution >= 0.6 is 0 Å². The van der Waals surface area contributed by atoms with Gasteiger partial charge in [0.1, 0.15) is 0 Å². The molecule has 0 saturated heterocycles. The van der Waals surface area contributed by atoms with Crippen molar-refractivity contribution >= 4 is 10.0 Å². The summed E-state index contributed by atoms with van der Waals surface area (Å²) in [5, 5.41) is 0. The Bertz CT molecular complexity index is 769. The Balaban J connectivity index is 1.63. The van der Waals surface area contributed by atoms with Gasteiger partial charge in [0, 0.05) is 6.54 Å². The van der Waals surface area contributed by atoms with Crippen LogP contribution in [0.1, 0.15) is 16.7 Å². The minimum atomic E-state index is -3.38. The molecule has 0 aliphatic carbocycles. The van der Waals surface area contributed by atoms with E-state index in [1.165, 1.54) is 0 Å². The highest BCUT2D eigenvalue weighted by molar-refractivity contribution is 7.88. The first kappa shape index (κ1) is 14.9. The van der Waals surface area contributed by atoms with Crippen molar-refractivity contribution in [1.29, 1.82) is 0 Å². The zero-order valence-corrected chi connectivity index (χ0v) is 13.0.